The number of aromatic amines is 1. The Balaban J connectivity index is 1.53. The number of halogens is 1. The molecular weight excluding hydrogens is 498 g/mol. The summed E-state index contributed by atoms with van der Waals surface area (Å²) in [6.07, 6.45) is 0. The summed E-state index contributed by atoms with van der Waals surface area (Å²) in [5, 5.41) is 20.0. The highest BCUT2D eigenvalue weighted by Crippen LogP contribution is 2.24. The molecule has 0 atom stereocenters. The second-order valence-electron chi connectivity index (χ2n) is 7.11. The van der Waals surface area contributed by atoms with Crippen LogP contribution in [0.3, 0.4) is 0 Å². The summed E-state index contributed by atoms with van der Waals surface area (Å²) in [6, 6.07) is 12.7. The molecule has 34 heavy (non-hydrogen) atoms. The molecule has 2 aromatic heterocycles. The molecule has 0 fully saturated rings. The van der Waals surface area contributed by atoms with Crippen molar-refractivity contribution in [1.82, 2.24) is 20.0 Å². The summed E-state index contributed by atoms with van der Waals surface area (Å²) >= 11 is 7.05. The first-order valence-corrected chi connectivity index (χ1v) is 12.4. The van der Waals surface area contributed by atoms with E-state index in [1.54, 1.807) is 38.1 Å². The van der Waals surface area contributed by atoms with Crippen LogP contribution in [0.1, 0.15) is 16.3 Å². The molecule has 0 unspecified atom stereocenters. The Morgan fingerprint density at radius 3 is 2.38 bits per heavy atom. The average molecular weight is 516 g/mol. The van der Waals surface area contributed by atoms with Gasteiger partial charge in [0.05, 0.1) is 22.0 Å². The van der Waals surface area contributed by atoms with E-state index in [-0.39, 0.29) is 15.7 Å². The van der Waals surface area contributed by atoms with Crippen molar-refractivity contribution in [2.24, 2.45) is 10.2 Å². The van der Waals surface area contributed by atoms with Crippen molar-refractivity contribution in [2.45, 2.75) is 18.7 Å². The lowest BCUT2D eigenvalue weighted by atomic mass is 10.2. The second kappa shape index (κ2) is 9.33. The van der Waals surface area contributed by atoms with Crippen molar-refractivity contribution in [2.75, 3.05) is 4.72 Å². The van der Waals surface area contributed by atoms with Gasteiger partial charge in [0.1, 0.15) is 5.01 Å². The van der Waals surface area contributed by atoms with Crippen LogP contribution >= 0.6 is 22.9 Å². The Morgan fingerprint density at radius 2 is 1.76 bits per heavy atom. The third kappa shape index (κ3) is 4.98. The third-order valence-electron chi connectivity index (χ3n) is 4.65. The van der Waals surface area contributed by atoms with E-state index >= 15 is 0 Å². The number of sulfonamides is 1. The minimum atomic E-state index is -3.82. The van der Waals surface area contributed by atoms with Crippen LogP contribution in [0.15, 0.2) is 75.0 Å². The van der Waals surface area contributed by atoms with Crippen LogP contribution in [0, 0.1) is 13.8 Å². The molecule has 0 spiro atoms. The largest absolute Gasteiger partial charge is 0.299 e. The van der Waals surface area contributed by atoms with Crippen molar-refractivity contribution in [3.63, 3.8) is 0 Å². The van der Waals surface area contributed by atoms with Crippen LogP contribution in [0.4, 0.5) is 16.5 Å². The number of nitrogens with one attached hydrogen (secondary N) is 2. The molecule has 0 saturated carbocycles. The zero-order chi connectivity index (χ0) is 24.5. The van der Waals surface area contributed by atoms with Gasteiger partial charge in [0, 0.05) is 5.02 Å². The van der Waals surface area contributed by atoms with Gasteiger partial charge in [0.25, 0.3) is 15.6 Å². The summed E-state index contributed by atoms with van der Waals surface area (Å²) in [4.78, 5) is 12.9. The Kier molecular flexibility index (Phi) is 6.46. The molecule has 0 aliphatic rings. The smallest absolute Gasteiger partial charge is 0.293 e. The predicted molar refractivity (Wildman–Crippen MR) is 132 cm³/mol. The number of hydrogen-bond acceptors (Lipinski definition) is 8. The van der Waals surface area contributed by atoms with Gasteiger partial charge in [-0.15, -0.1) is 15.3 Å². The standard InChI is InChI=1S/C21H18ClN7O3S2/c1-12-19(20(30)29(27-12)13(2)15-4-6-16(22)7-5-15)25-24-17-8-10-18(11-9-17)34(31,32)28-21-26-23-14(3)33-21/h4-11,27H,2H2,1,3H3,(H,26,28). The van der Waals surface area contributed by atoms with E-state index in [9.17, 15) is 13.2 Å². The molecule has 0 saturated heterocycles. The van der Waals surface area contributed by atoms with E-state index in [0.29, 0.717) is 32.7 Å². The molecule has 0 amide bonds. The molecule has 0 bridgehead atoms. The van der Waals surface area contributed by atoms with Crippen LogP contribution < -0.4 is 10.3 Å². The molecule has 2 N–H and O–H groups in total. The number of rotatable bonds is 7. The van der Waals surface area contributed by atoms with Crippen molar-refractivity contribution in [1.29, 1.82) is 0 Å². The van der Waals surface area contributed by atoms with Gasteiger partial charge in [-0.2, -0.15) is 5.11 Å². The van der Waals surface area contributed by atoms with E-state index in [1.165, 1.54) is 28.9 Å². The number of anilines is 1. The van der Waals surface area contributed by atoms with Crippen LogP contribution in [0.5, 0.6) is 0 Å². The van der Waals surface area contributed by atoms with Gasteiger partial charge in [0.2, 0.25) is 5.13 Å². The molecule has 10 nitrogen and oxygen atoms in total. The number of aryl methyl sites for hydroxylation is 2. The topological polar surface area (TPSA) is 134 Å². The highest BCUT2D eigenvalue weighted by Gasteiger charge is 2.17. The number of hydrogen-bond donors (Lipinski definition) is 2. The van der Waals surface area contributed by atoms with Gasteiger partial charge in [-0.05, 0) is 55.8 Å². The first-order valence-electron chi connectivity index (χ1n) is 9.75. The SMILES string of the molecule is C=C(c1ccc(Cl)cc1)n1[nH]c(C)c(N=Nc2ccc(S(=O)(=O)Nc3nnc(C)s3)cc2)c1=O. The third-order valence-corrected chi connectivity index (χ3v) is 7.14. The molecule has 4 rings (SSSR count). The number of aromatic nitrogens is 4. The monoisotopic (exact) mass is 515 g/mol. The Morgan fingerprint density at radius 1 is 1.09 bits per heavy atom. The summed E-state index contributed by atoms with van der Waals surface area (Å²) in [6.45, 7) is 7.39. The fourth-order valence-corrected chi connectivity index (χ4v) is 4.88. The molecule has 174 valence electrons. The van der Waals surface area contributed by atoms with Crippen molar-refractivity contribution >= 4 is 55.2 Å². The number of azo groups is 1. The van der Waals surface area contributed by atoms with Gasteiger partial charge >= 0.3 is 0 Å². The summed E-state index contributed by atoms with van der Waals surface area (Å²) in [5.74, 6) is 0. The predicted octanol–water partition coefficient (Wildman–Crippen LogP) is 5.03. The lowest BCUT2D eigenvalue weighted by molar-refractivity contribution is 0.601. The lowest BCUT2D eigenvalue weighted by Gasteiger charge is -2.06. The molecular formula is C21H18ClN7O3S2. The zero-order valence-corrected chi connectivity index (χ0v) is 20.4. The van der Waals surface area contributed by atoms with E-state index in [0.717, 1.165) is 11.3 Å². The van der Waals surface area contributed by atoms with Gasteiger partial charge in [-0.3, -0.25) is 14.6 Å². The summed E-state index contributed by atoms with van der Waals surface area (Å²) in [5.41, 5.74) is 1.70. The number of nitrogens with zero attached hydrogens (tertiary/aromatic N) is 5. The van der Waals surface area contributed by atoms with Crippen molar-refractivity contribution < 1.29 is 8.42 Å². The molecule has 0 radical (unpaired) electrons. The van der Waals surface area contributed by atoms with Gasteiger partial charge in [-0.25, -0.2) is 13.1 Å². The van der Waals surface area contributed by atoms with Crippen molar-refractivity contribution in [3.05, 3.63) is 86.8 Å². The van der Waals surface area contributed by atoms with Crippen molar-refractivity contribution in [3.8, 4) is 0 Å². The fraction of sp³-hybridized carbons (Fsp3) is 0.0952. The maximum atomic E-state index is 12.8. The van der Waals surface area contributed by atoms with E-state index in [4.69, 9.17) is 11.6 Å². The highest BCUT2D eigenvalue weighted by molar-refractivity contribution is 7.93. The molecule has 4 aromatic rings. The van der Waals surface area contributed by atoms with Crippen LogP contribution in [-0.2, 0) is 10.0 Å². The normalized spacial score (nSPS) is 11.7. The first kappa shape index (κ1) is 23.5. The lowest BCUT2D eigenvalue weighted by Crippen LogP contribution is -2.15. The van der Waals surface area contributed by atoms with Gasteiger partial charge in [-0.1, -0.05) is 41.6 Å². The molecule has 13 heteroatoms. The highest BCUT2D eigenvalue weighted by atomic mass is 35.5. The molecule has 0 aliphatic heterocycles. The Hall–Kier alpha value is -3.61. The zero-order valence-electron chi connectivity index (χ0n) is 18.0. The summed E-state index contributed by atoms with van der Waals surface area (Å²) in [7, 11) is -3.82. The van der Waals surface area contributed by atoms with Crippen LogP contribution in [-0.4, -0.2) is 28.4 Å². The average Bonchev–Trinajstić information content (AvgIpc) is 3.33. The Bertz CT molecular complexity index is 1550. The first-order chi connectivity index (χ1) is 16.1. The number of benzene rings is 2. The number of H-pyrrole nitrogens is 1. The quantitative estimate of drug-likeness (QED) is 0.333. The van der Waals surface area contributed by atoms with E-state index in [2.05, 4.69) is 36.8 Å². The van der Waals surface area contributed by atoms with Crippen LogP contribution in [0.2, 0.25) is 5.02 Å². The fourth-order valence-electron chi connectivity index (χ4n) is 2.93. The minimum Gasteiger partial charge on any atom is -0.293 e. The van der Waals surface area contributed by atoms with Gasteiger partial charge < -0.3 is 0 Å². The minimum absolute atomic E-state index is 0.0266. The molecule has 2 aromatic carbocycles. The van der Waals surface area contributed by atoms with Crippen LogP contribution in [0.25, 0.3) is 5.70 Å². The molecule has 2 heterocycles. The maximum Gasteiger partial charge on any atom is 0.299 e. The second-order valence-corrected chi connectivity index (χ2v) is 10.4. The van der Waals surface area contributed by atoms with E-state index in [1.807, 2.05) is 0 Å². The molecule has 0 aliphatic carbocycles. The maximum absolute atomic E-state index is 12.8. The Labute approximate surface area is 203 Å². The van der Waals surface area contributed by atoms with Gasteiger partial charge in [0.15, 0.2) is 5.69 Å². The summed E-state index contributed by atoms with van der Waals surface area (Å²) < 4.78 is 28.7. The van der Waals surface area contributed by atoms with E-state index < -0.39 is 15.6 Å².